The Morgan fingerprint density at radius 1 is 1.07 bits per heavy atom. The molecule has 0 spiro atoms. The van der Waals surface area contributed by atoms with Crippen molar-refractivity contribution in [1.29, 1.82) is 0 Å². The summed E-state index contributed by atoms with van der Waals surface area (Å²) in [4.78, 5) is 35.9. The Hall–Kier alpha value is -3.29. The fourth-order valence-electron chi connectivity index (χ4n) is 2.42. The van der Waals surface area contributed by atoms with Crippen LogP contribution in [0.5, 0.6) is 5.75 Å². The minimum absolute atomic E-state index is 0.0971. The highest BCUT2D eigenvalue weighted by Crippen LogP contribution is 2.15. The predicted octanol–water partition coefficient (Wildman–Crippen LogP) is 3.05. The second-order valence-corrected chi connectivity index (χ2v) is 6.08. The lowest BCUT2D eigenvalue weighted by Gasteiger charge is -2.22. The highest BCUT2D eigenvalue weighted by molar-refractivity contribution is 5.94. The van der Waals surface area contributed by atoms with Crippen LogP contribution in [0.4, 0.5) is 8.78 Å². The molecular weight excluding hydrogens is 372 g/mol. The molecule has 2 rings (SSSR count). The Morgan fingerprint density at radius 2 is 1.82 bits per heavy atom. The van der Waals surface area contributed by atoms with Crippen molar-refractivity contribution in [2.45, 2.75) is 19.9 Å². The summed E-state index contributed by atoms with van der Waals surface area (Å²) in [5, 5.41) is 8.87. The predicted molar refractivity (Wildman–Crippen MR) is 96.0 cm³/mol. The second kappa shape index (κ2) is 9.59. The Bertz CT molecular complexity index is 885. The number of rotatable bonds is 9. The van der Waals surface area contributed by atoms with Gasteiger partial charge < -0.3 is 14.7 Å². The van der Waals surface area contributed by atoms with Gasteiger partial charge in [0.2, 0.25) is 0 Å². The molecule has 28 heavy (non-hydrogen) atoms. The van der Waals surface area contributed by atoms with Crippen molar-refractivity contribution in [3.05, 3.63) is 65.2 Å². The van der Waals surface area contributed by atoms with Crippen LogP contribution < -0.4 is 4.74 Å². The van der Waals surface area contributed by atoms with Gasteiger partial charge in [-0.25, -0.2) is 8.78 Å². The fourth-order valence-corrected chi connectivity index (χ4v) is 2.42. The maximum atomic E-state index is 13.4. The molecule has 0 saturated carbocycles. The first-order valence-corrected chi connectivity index (χ1v) is 8.43. The number of carboxylic acids is 1. The fraction of sp³-hybridized carbons (Fsp3) is 0.250. The molecule has 0 aromatic heterocycles. The molecule has 0 heterocycles. The first-order chi connectivity index (χ1) is 13.3. The number of Topliss-reactive ketones (excluding diaryl/α,β-unsaturated/α-hetero) is 1. The Morgan fingerprint density at radius 3 is 2.46 bits per heavy atom. The molecule has 0 fully saturated rings. The van der Waals surface area contributed by atoms with Gasteiger partial charge in [-0.2, -0.15) is 0 Å². The number of hydrogen-bond donors (Lipinski definition) is 1. The molecule has 0 unspecified atom stereocenters. The largest absolute Gasteiger partial charge is 0.484 e. The van der Waals surface area contributed by atoms with Gasteiger partial charge in [0.25, 0.3) is 5.91 Å². The van der Waals surface area contributed by atoms with E-state index in [9.17, 15) is 23.2 Å². The third-order valence-electron chi connectivity index (χ3n) is 3.91. The molecule has 0 atom stereocenters. The highest BCUT2D eigenvalue weighted by Gasteiger charge is 2.17. The van der Waals surface area contributed by atoms with Gasteiger partial charge in [-0.05, 0) is 36.8 Å². The molecule has 2 aromatic rings. The van der Waals surface area contributed by atoms with Gasteiger partial charge in [0, 0.05) is 18.7 Å². The number of ether oxygens (including phenoxy) is 1. The molecule has 0 saturated heterocycles. The Balaban J connectivity index is 2.07. The number of hydrogen-bond acceptors (Lipinski definition) is 4. The quantitative estimate of drug-likeness (QED) is 0.665. The maximum absolute atomic E-state index is 13.4. The topological polar surface area (TPSA) is 83.9 Å². The van der Waals surface area contributed by atoms with Gasteiger partial charge >= 0.3 is 5.97 Å². The SMILES string of the molecule is CC(=O)c1cccc(OCC(=O)N(CCC(=O)O)Cc2ccc(F)c(F)c2)c1. The maximum Gasteiger partial charge on any atom is 0.305 e. The van der Waals surface area contributed by atoms with Gasteiger partial charge in [0.1, 0.15) is 5.75 Å². The van der Waals surface area contributed by atoms with E-state index in [0.29, 0.717) is 16.9 Å². The average Bonchev–Trinajstić information content (AvgIpc) is 2.66. The van der Waals surface area contributed by atoms with Crippen molar-refractivity contribution in [3.8, 4) is 5.75 Å². The van der Waals surface area contributed by atoms with Crippen LogP contribution in [-0.2, 0) is 16.1 Å². The molecule has 6 nitrogen and oxygen atoms in total. The summed E-state index contributed by atoms with van der Waals surface area (Å²) in [7, 11) is 0. The molecular formula is C20H19F2NO5. The minimum Gasteiger partial charge on any atom is -0.484 e. The summed E-state index contributed by atoms with van der Waals surface area (Å²) in [5.74, 6) is -3.54. The Kier molecular flexibility index (Phi) is 7.20. The molecule has 2 aromatic carbocycles. The van der Waals surface area contributed by atoms with Gasteiger partial charge in [-0.15, -0.1) is 0 Å². The summed E-state index contributed by atoms with van der Waals surface area (Å²) >= 11 is 0. The number of carboxylic acid groups (broad SMARTS) is 1. The van der Waals surface area contributed by atoms with Crippen molar-refractivity contribution in [2.75, 3.05) is 13.2 Å². The third-order valence-corrected chi connectivity index (χ3v) is 3.91. The molecule has 0 aliphatic rings. The van der Waals surface area contributed by atoms with Gasteiger partial charge in [0.05, 0.1) is 6.42 Å². The summed E-state index contributed by atoms with van der Waals surface area (Å²) in [6.07, 6.45) is -0.310. The van der Waals surface area contributed by atoms with E-state index in [4.69, 9.17) is 9.84 Å². The van der Waals surface area contributed by atoms with E-state index in [1.54, 1.807) is 18.2 Å². The number of benzene rings is 2. The average molecular weight is 391 g/mol. The second-order valence-electron chi connectivity index (χ2n) is 6.08. The minimum atomic E-state index is -1.10. The van der Waals surface area contributed by atoms with Crippen LogP contribution in [0, 0.1) is 11.6 Å². The number of carbonyl (C=O) groups excluding carboxylic acids is 2. The smallest absolute Gasteiger partial charge is 0.305 e. The number of amides is 1. The van der Waals surface area contributed by atoms with Crippen LogP contribution in [-0.4, -0.2) is 40.8 Å². The molecule has 0 aliphatic carbocycles. The Labute approximate surface area is 160 Å². The molecule has 0 bridgehead atoms. The van der Waals surface area contributed by atoms with Crippen LogP contribution in [0.1, 0.15) is 29.3 Å². The van der Waals surface area contributed by atoms with Crippen molar-refractivity contribution >= 4 is 17.7 Å². The van der Waals surface area contributed by atoms with Crippen molar-refractivity contribution < 1.29 is 33.0 Å². The normalized spacial score (nSPS) is 10.4. The number of ketones is 1. The lowest BCUT2D eigenvalue weighted by Crippen LogP contribution is -2.36. The van der Waals surface area contributed by atoms with E-state index in [1.165, 1.54) is 24.0 Å². The lowest BCUT2D eigenvalue weighted by molar-refractivity contribution is -0.139. The third kappa shape index (κ3) is 6.15. The zero-order chi connectivity index (χ0) is 20.7. The summed E-state index contributed by atoms with van der Waals surface area (Å²) in [5.41, 5.74) is 0.741. The van der Waals surface area contributed by atoms with Crippen LogP contribution >= 0.6 is 0 Å². The highest BCUT2D eigenvalue weighted by atomic mass is 19.2. The van der Waals surface area contributed by atoms with Crippen LogP contribution in [0.25, 0.3) is 0 Å². The molecule has 1 N–H and O–H groups in total. The van der Waals surface area contributed by atoms with E-state index in [1.807, 2.05) is 0 Å². The molecule has 1 amide bonds. The molecule has 0 radical (unpaired) electrons. The van der Waals surface area contributed by atoms with Crippen LogP contribution in [0.2, 0.25) is 0 Å². The molecule has 8 heteroatoms. The van der Waals surface area contributed by atoms with Gasteiger partial charge in [0.15, 0.2) is 24.0 Å². The van der Waals surface area contributed by atoms with E-state index < -0.39 is 30.1 Å². The van der Waals surface area contributed by atoms with Crippen molar-refractivity contribution in [2.24, 2.45) is 0 Å². The van der Waals surface area contributed by atoms with Crippen LogP contribution in [0.15, 0.2) is 42.5 Å². The van der Waals surface area contributed by atoms with E-state index in [2.05, 4.69) is 0 Å². The lowest BCUT2D eigenvalue weighted by atomic mass is 10.1. The first-order valence-electron chi connectivity index (χ1n) is 8.43. The standard InChI is InChI=1S/C20H19F2NO5/c1-13(24)15-3-2-4-16(10-15)28-12-19(25)23(8-7-20(26)27)11-14-5-6-17(21)18(22)9-14/h2-6,9-10H,7-8,11-12H2,1H3,(H,26,27). The zero-order valence-corrected chi connectivity index (χ0v) is 15.2. The molecule has 0 aliphatic heterocycles. The first kappa shape index (κ1) is 21.0. The number of nitrogens with zero attached hydrogens (tertiary/aromatic N) is 1. The number of halogens is 2. The van der Waals surface area contributed by atoms with E-state index in [0.717, 1.165) is 12.1 Å². The van der Waals surface area contributed by atoms with E-state index in [-0.39, 0.29) is 25.3 Å². The van der Waals surface area contributed by atoms with Crippen LogP contribution in [0.3, 0.4) is 0 Å². The number of carbonyl (C=O) groups is 3. The van der Waals surface area contributed by atoms with E-state index >= 15 is 0 Å². The zero-order valence-electron chi connectivity index (χ0n) is 15.2. The molecule has 148 valence electrons. The summed E-state index contributed by atoms with van der Waals surface area (Å²) in [6, 6.07) is 9.50. The van der Waals surface area contributed by atoms with Gasteiger partial charge in [-0.3, -0.25) is 14.4 Å². The summed E-state index contributed by atoms with van der Waals surface area (Å²) < 4.78 is 31.9. The number of aliphatic carboxylic acids is 1. The van der Waals surface area contributed by atoms with Crippen molar-refractivity contribution in [3.63, 3.8) is 0 Å². The van der Waals surface area contributed by atoms with Crippen molar-refractivity contribution in [1.82, 2.24) is 4.90 Å². The van der Waals surface area contributed by atoms with Gasteiger partial charge in [-0.1, -0.05) is 18.2 Å². The monoisotopic (exact) mass is 391 g/mol. The summed E-state index contributed by atoms with van der Waals surface area (Å²) in [6.45, 7) is 0.786.